The van der Waals surface area contributed by atoms with Crippen LogP contribution in [0.5, 0.6) is 0 Å². The van der Waals surface area contributed by atoms with Crippen LogP contribution in [0.1, 0.15) is 97.2 Å². The van der Waals surface area contributed by atoms with Gasteiger partial charge in [-0.15, -0.1) is 0 Å². The monoisotopic (exact) mass is 833 g/mol. The van der Waals surface area contributed by atoms with E-state index >= 15 is 0 Å². The van der Waals surface area contributed by atoms with Crippen molar-refractivity contribution in [3.8, 4) is 44.5 Å². The summed E-state index contributed by atoms with van der Waals surface area (Å²) in [5, 5.41) is 0. The number of rotatable bonds is 4. The topological polar surface area (TPSA) is 3.24 Å². The van der Waals surface area contributed by atoms with E-state index < -0.39 is 5.41 Å². The van der Waals surface area contributed by atoms with Crippen LogP contribution >= 0.6 is 0 Å². The highest BCUT2D eigenvalue weighted by molar-refractivity contribution is 5.92. The molecular weight excluding hydrogens is 783 g/mol. The average molecular weight is 834 g/mol. The highest BCUT2D eigenvalue weighted by Gasteiger charge is 2.53. The number of hydrogen-bond acceptors (Lipinski definition) is 1. The lowest BCUT2D eigenvalue weighted by Gasteiger charge is -2.46. The lowest BCUT2D eigenvalue weighted by atomic mass is 9.55. The van der Waals surface area contributed by atoms with Gasteiger partial charge in [0.25, 0.3) is 0 Å². The molecule has 1 spiro atoms. The first-order chi connectivity index (χ1) is 31.5. The normalized spacial score (nSPS) is 16.3. The fourth-order valence-corrected chi connectivity index (χ4v) is 13.0. The third-order valence-electron chi connectivity index (χ3n) is 16.2. The number of nitrogens with zero attached hydrogens (tertiary/aromatic N) is 1. The Morgan fingerprint density at radius 3 is 1.09 bits per heavy atom. The minimum atomic E-state index is -0.427. The van der Waals surface area contributed by atoms with Crippen molar-refractivity contribution < 1.29 is 0 Å². The van der Waals surface area contributed by atoms with Crippen LogP contribution in [-0.4, -0.2) is 0 Å². The summed E-state index contributed by atoms with van der Waals surface area (Å²) in [6.45, 7) is 14.3. The molecule has 0 unspecified atom stereocenters. The Hall–Kier alpha value is -7.22. The summed E-state index contributed by atoms with van der Waals surface area (Å²) in [5.74, 6) is 0. The molecule has 0 fully saturated rings. The highest BCUT2D eigenvalue weighted by atomic mass is 15.1. The molecule has 0 N–H and O–H groups in total. The number of anilines is 3. The third-order valence-corrected chi connectivity index (χ3v) is 16.2. The molecule has 4 aliphatic rings. The summed E-state index contributed by atoms with van der Waals surface area (Å²) >= 11 is 0. The molecule has 1 heteroatoms. The third kappa shape index (κ3) is 4.99. The largest absolute Gasteiger partial charge is 0.310 e. The van der Waals surface area contributed by atoms with Gasteiger partial charge in [-0.25, -0.2) is 0 Å². The molecule has 0 saturated carbocycles. The van der Waals surface area contributed by atoms with E-state index in [1.807, 2.05) is 0 Å². The van der Waals surface area contributed by atoms with Crippen molar-refractivity contribution in [1.82, 2.24) is 0 Å². The molecule has 4 aliphatic carbocycles. The molecule has 1 nitrogen and oxygen atoms in total. The number of hydrogen-bond donors (Lipinski definition) is 0. The predicted octanol–water partition coefficient (Wildman–Crippen LogP) is 16.4. The average Bonchev–Trinajstić information content (AvgIpc) is 3.85. The standard InChI is InChI=1S/C64H51N/c1-61(2)51-20-10-7-17-45(51)48-35-32-43(38-58(48)61)65(44-33-36-49-46-18-8-11-21-52(46)62(3,4)59(49)39-44)42-30-27-40(28-31-42)41-29-34-50-47-19-9-12-22-53(47)64(60(50)37-41)56-25-15-13-23-54(56)63(5,6)55-24-14-16-26-57(55)64/h7-39H,1-6H3. The van der Waals surface area contributed by atoms with Gasteiger partial charge in [0, 0.05) is 33.3 Å². The van der Waals surface area contributed by atoms with Gasteiger partial charge in [-0.2, -0.15) is 0 Å². The van der Waals surface area contributed by atoms with Crippen LogP contribution in [0, 0.1) is 0 Å². The highest BCUT2D eigenvalue weighted by Crippen LogP contribution is 2.62. The zero-order chi connectivity index (χ0) is 44.0. The molecule has 9 aromatic carbocycles. The van der Waals surface area contributed by atoms with E-state index in [1.54, 1.807) is 0 Å². The molecule has 0 saturated heterocycles. The first kappa shape index (κ1) is 38.3. The maximum absolute atomic E-state index is 2.51. The van der Waals surface area contributed by atoms with Crippen LogP contribution in [0.4, 0.5) is 17.1 Å². The van der Waals surface area contributed by atoms with Gasteiger partial charge in [0.05, 0.1) is 5.41 Å². The van der Waals surface area contributed by atoms with Gasteiger partial charge in [-0.1, -0.05) is 199 Å². The van der Waals surface area contributed by atoms with E-state index in [4.69, 9.17) is 0 Å². The lowest BCUT2D eigenvalue weighted by molar-refractivity contribution is 0.563. The molecule has 65 heavy (non-hydrogen) atoms. The Morgan fingerprint density at radius 1 is 0.246 bits per heavy atom. The SMILES string of the molecule is CC1(C)c2ccccc2-c2ccc(N(c3ccc(-c4ccc5c(c4)C4(c6ccccc6-5)c5ccccc5C(C)(C)c5ccccc54)cc3)c3ccc4c(c3)C(C)(C)c3ccccc3-4)cc21. The van der Waals surface area contributed by atoms with Gasteiger partial charge in [0.1, 0.15) is 0 Å². The van der Waals surface area contributed by atoms with Gasteiger partial charge in [0.15, 0.2) is 0 Å². The molecule has 13 rings (SSSR count). The van der Waals surface area contributed by atoms with Crippen molar-refractivity contribution in [3.63, 3.8) is 0 Å². The summed E-state index contributed by atoms with van der Waals surface area (Å²) in [4.78, 5) is 2.48. The second kappa shape index (κ2) is 13.2. The minimum Gasteiger partial charge on any atom is -0.310 e. The zero-order valence-electron chi connectivity index (χ0n) is 38.0. The lowest BCUT2D eigenvalue weighted by Crippen LogP contribution is -2.40. The van der Waals surface area contributed by atoms with Crippen LogP contribution in [-0.2, 0) is 21.7 Å². The molecule has 0 radical (unpaired) electrons. The first-order valence-corrected chi connectivity index (χ1v) is 23.3. The Labute approximate surface area is 383 Å². The van der Waals surface area contributed by atoms with Crippen LogP contribution in [0.3, 0.4) is 0 Å². The molecule has 0 aliphatic heterocycles. The van der Waals surface area contributed by atoms with Crippen molar-refractivity contribution in [1.29, 1.82) is 0 Å². The molecule has 0 atom stereocenters. The number of fused-ring (bicyclic) bond motifs is 15. The van der Waals surface area contributed by atoms with Gasteiger partial charge in [-0.05, 0) is 143 Å². The van der Waals surface area contributed by atoms with Crippen molar-refractivity contribution in [2.45, 2.75) is 63.2 Å². The summed E-state index contributed by atoms with van der Waals surface area (Å²) in [6, 6.07) is 76.3. The van der Waals surface area contributed by atoms with Crippen molar-refractivity contribution >= 4 is 17.1 Å². The zero-order valence-corrected chi connectivity index (χ0v) is 38.0. The Balaban J connectivity index is 0.968. The van der Waals surface area contributed by atoms with Crippen molar-refractivity contribution in [2.75, 3.05) is 4.90 Å². The Bertz CT molecular complexity index is 3310. The van der Waals surface area contributed by atoms with E-state index in [1.165, 1.54) is 112 Å². The van der Waals surface area contributed by atoms with Crippen molar-refractivity contribution in [3.05, 3.63) is 256 Å². The van der Waals surface area contributed by atoms with Crippen LogP contribution in [0.2, 0.25) is 0 Å². The predicted molar refractivity (Wildman–Crippen MR) is 271 cm³/mol. The second-order valence-corrected chi connectivity index (χ2v) is 20.5. The van der Waals surface area contributed by atoms with Gasteiger partial charge in [-0.3, -0.25) is 0 Å². The van der Waals surface area contributed by atoms with E-state index in [-0.39, 0.29) is 16.2 Å². The van der Waals surface area contributed by atoms with Crippen LogP contribution in [0.15, 0.2) is 200 Å². The Kier molecular flexibility index (Phi) is 7.76. The van der Waals surface area contributed by atoms with Crippen LogP contribution < -0.4 is 4.90 Å². The van der Waals surface area contributed by atoms with Gasteiger partial charge in [0.2, 0.25) is 0 Å². The van der Waals surface area contributed by atoms with E-state index in [0.717, 1.165) is 5.69 Å². The fraction of sp³-hybridized carbons (Fsp3) is 0.156. The first-order valence-electron chi connectivity index (χ1n) is 23.3. The molecule has 0 aromatic heterocycles. The van der Waals surface area contributed by atoms with E-state index in [0.29, 0.717) is 0 Å². The molecule has 0 heterocycles. The molecule has 9 aromatic rings. The molecule has 312 valence electrons. The summed E-state index contributed by atoms with van der Waals surface area (Å²) in [5.41, 5.74) is 26.9. The summed E-state index contributed by atoms with van der Waals surface area (Å²) in [6.07, 6.45) is 0. The maximum Gasteiger partial charge on any atom is 0.0719 e. The van der Waals surface area contributed by atoms with E-state index in [9.17, 15) is 0 Å². The maximum atomic E-state index is 2.51. The quantitative estimate of drug-likeness (QED) is 0.171. The van der Waals surface area contributed by atoms with Gasteiger partial charge < -0.3 is 4.90 Å². The molecule has 0 amide bonds. The molecular formula is C64H51N. The van der Waals surface area contributed by atoms with Crippen LogP contribution in [0.25, 0.3) is 44.5 Å². The van der Waals surface area contributed by atoms with E-state index in [2.05, 4.69) is 247 Å². The molecule has 0 bridgehead atoms. The summed E-state index contributed by atoms with van der Waals surface area (Å²) in [7, 11) is 0. The second-order valence-electron chi connectivity index (χ2n) is 20.5. The minimum absolute atomic E-state index is 0.112. The van der Waals surface area contributed by atoms with Gasteiger partial charge >= 0.3 is 0 Å². The number of benzene rings is 9. The smallest absolute Gasteiger partial charge is 0.0719 e. The van der Waals surface area contributed by atoms with Crippen molar-refractivity contribution in [2.24, 2.45) is 0 Å². The Morgan fingerprint density at radius 2 is 0.585 bits per heavy atom. The summed E-state index contributed by atoms with van der Waals surface area (Å²) < 4.78 is 0. The fourth-order valence-electron chi connectivity index (χ4n) is 13.0.